The summed E-state index contributed by atoms with van der Waals surface area (Å²) >= 11 is 1.18. The second-order valence-corrected chi connectivity index (χ2v) is 5.71. The molecule has 2 aromatic heterocycles. The van der Waals surface area contributed by atoms with Crippen molar-refractivity contribution in [1.29, 1.82) is 0 Å². The van der Waals surface area contributed by atoms with Crippen LogP contribution in [0.4, 0.5) is 5.82 Å². The lowest BCUT2D eigenvalue weighted by molar-refractivity contribution is -0.391. The Bertz CT molecular complexity index is 779. The molecule has 0 aliphatic rings. The van der Waals surface area contributed by atoms with Gasteiger partial charge in [-0.3, -0.25) is 0 Å². The maximum atomic E-state index is 11.3. The molecule has 8 nitrogen and oxygen atoms in total. The first kappa shape index (κ1) is 13.4. The summed E-state index contributed by atoms with van der Waals surface area (Å²) in [4.78, 5) is 18.6. The fourth-order valence-electron chi connectivity index (χ4n) is 1.48. The number of imidazole rings is 1. The molecule has 10 heteroatoms. The van der Waals surface area contributed by atoms with Gasteiger partial charge in [-0.25, -0.2) is 14.5 Å². The number of aryl methyl sites for hydroxylation is 1. The van der Waals surface area contributed by atoms with E-state index in [1.54, 1.807) is 6.92 Å². The molecule has 0 atom stereocenters. The monoisotopic (exact) mass is 300 g/mol. The Morgan fingerprint density at radius 1 is 1.42 bits per heavy atom. The van der Waals surface area contributed by atoms with Crippen LogP contribution in [0.3, 0.4) is 0 Å². The predicted molar refractivity (Wildman–Crippen MR) is 68.8 cm³/mol. The lowest BCUT2D eigenvalue weighted by Crippen LogP contribution is -2.12. The van der Waals surface area contributed by atoms with Crippen molar-refractivity contribution >= 4 is 32.3 Å². The van der Waals surface area contributed by atoms with Gasteiger partial charge >= 0.3 is 5.82 Å². The van der Waals surface area contributed by atoms with Gasteiger partial charge in [-0.05, 0) is 11.8 Å². The number of hydrogen-bond acceptors (Lipinski definition) is 7. The summed E-state index contributed by atoms with van der Waals surface area (Å²) in [7, 11) is -1.21. The first-order valence-corrected chi connectivity index (χ1v) is 6.86. The van der Waals surface area contributed by atoms with E-state index in [0.29, 0.717) is 0 Å². The maximum absolute atomic E-state index is 11.3. The van der Waals surface area contributed by atoms with E-state index < -0.39 is 15.2 Å². The highest BCUT2D eigenvalue weighted by molar-refractivity contribution is 7.74. The Kier molecular flexibility index (Phi) is 3.44. The number of rotatable bonds is 3. The highest BCUT2D eigenvalue weighted by Crippen LogP contribution is 2.18. The summed E-state index contributed by atoms with van der Waals surface area (Å²) < 4.78 is 23.8. The molecule has 0 unspecified atom stereocenters. The van der Waals surface area contributed by atoms with Crippen molar-refractivity contribution in [3.63, 3.8) is 0 Å². The van der Waals surface area contributed by atoms with Crippen LogP contribution in [-0.4, -0.2) is 32.7 Å². The van der Waals surface area contributed by atoms with Crippen LogP contribution in [0.25, 0.3) is 0 Å². The molecule has 2 heterocycles. The van der Waals surface area contributed by atoms with Gasteiger partial charge in [0.2, 0.25) is 16.1 Å². The average Bonchev–Trinajstić information content (AvgIpc) is 2.87. The third kappa shape index (κ3) is 2.39. The third-order valence-corrected chi connectivity index (χ3v) is 4.10. The van der Waals surface area contributed by atoms with Crippen LogP contribution in [-0.2, 0) is 17.3 Å². The van der Waals surface area contributed by atoms with Crippen molar-refractivity contribution in [3.05, 3.63) is 38.2 Å². The molecule has 0 aromatic carbocycles. The Morgan fingerprint density at radius 3 is 2.53 bits per heavy atom. The number of nitrogens with zero attached hydrogens (tertiary/aromatic N) is 4. The quantitative estimate of drug-likeness (QED) is 0.354. The van der Waals surface area contributed by atoms with E-state index in [9.17, 15) is 18.5 Å². The molecule has 2 aromatic rings. The zero-order chi connectivity index (χ0) is 14.2. The van der Waals surface area contributed by atoms with Crippen LogP contribution < -0.4 is 0 Å². The van der Waals surface area contributed by atoms with E-state index >= 15 is 0 Å². The standard InChI is InChI=1S/C9H8N4O4S2/c1-5-3-11-9(18-5)7(19(16)17)8-10-4-6(12(8)2)13(14)15/h3-4H,1-2H3. The maximum Gasteiger partial charge on any atom is 0.342 e. The molecule has 0 saturated heterocycles. The minimum Gasteiger partial charge on any atom is -0.358 e. The first-order valence-electron chi connectivity index (χ1n) is 4.97. The second-order valence-electron chi connectivity index (χ2n) is 3.60. The van der Waals surface area contributed by atoms with Crippen LogP contribution in [0.15, 0.2) is 12.4 Å². The molecule has 0 N–H and O–H groups in total. The number of hydrogen-bond donors (Lipinski definition) is 0. The lowest BCUT2D eigenvalue weighted by Gasteiger charge is -1.97. The molecule has 0 amide bonds. The number of aromatic nitrogens is 3. The normalized spacial score (nSPS) is 10.4. The Labute approximate surface area is 113 Å². The molecule has 19 heavy (non-hydrogen) atoms. The molecule has 0 aliphatic heterocycles. The van der Waals surface area contributed by atoms with Gasteiger partial charge in [0.15, 0.2) is 4.86 Å². The van der Waals surface area contributed by atoms with Crippen LogP contribution in [0.2, 0.25) is 0 Å². The molecule has 0 radical (unpaired) electrons. The van der Waals surface area contributed by atoms with E-state index in [-0.39, 0.29) is 21.5 Å². The van der Waals surface area contributed by atoms with Crippen LogP contribution in [0, 0.1) is 17.0 Å². The molecule has 0 bridgehead atoms. The molecule has 0 saturated carbocycles. The summed E-state index contributed by atoms with van der Waals surface area (Å²) in [5.74, 6) is -0.291. The lowest BCUT2D eigenvalue weighted by atomic mass is 10.4. The smallest absolute Gasteiger partial charge is 0.342 e. The zero-order valence-corrected chi connectivity index (χ0v) is 11.5. The van der Waals surface area contributed by atoms with Crippen LogP contribution in [0.5, 0.6) is 0 Å². The average molecular weight is 300 g/mol. The molecule has 0 aliphatic carbocycles. The highest BCUT2D eigenvalue weighted by Gasteiger charge is 2.25. The second kappa shape index (κ2) is 4.90. The highest BCUT2D eigenvalue weighted by atomic mass is 32.2. The van der Waals surface area contributed by atoms with Crippen molar-refractivity contribution in [2.45, 2.75) is 6.92 Å². The summed E-state index contributed by atoms with van der Waals surface area (Å²) in [6.45, 7) is 1.79. The molecule has 0 fully saturated rings. The van der Waals surface area contributed by atoms with Crippen molar-refractivity contribution in [2.75, 3.05) is 0 Å². The van der Waals surface area contributed by atoms with Crippen molar-refractivity contribution in [1.82, 2.24) is 14.5 Å². The molecule has 100 valence electrons. The van der Waals surface area contributed by atoms with Gasteiger partial charge in [-0.2, -0.15) is 8.42 Å². The Hall–Kier alpha value is -2.07. The number of nitro groups is 1. The third-order valence-electron chi connectivity index (χ3n) is 2.34. The SMILES string of the molecule is Cc1cnc(C(c2ncc([N+](=O)[O-])n2C)=S(=O)=O)s1. The number of thiazole rings is 1. The van der Waals surface area contributed by atoms with Gasteiger partial charge in [0.25, 0.3) is 0 Å². The molecule has 2 rings (SSSR count). The minimum absolute atomic E-state index is 0.00520. The van der Waals surface area contributed by atoms with E-state index in [1.165, 1.54) is 24.6 Å². The summed E-state index contributed by atoms with van der Waals surface area (Å²) in [5.41, 5.74) is 0. The largest absolute Gasteiger partial charge is 0.358 e. The Morgan fingerprint density at radius 2 is 2.11 bits per heavy atom. The van der Waals surface area contributed by atoms with Gasteiger partial charge in [0, 0.05) is 11.1 Å². The van der Waals surface area contributed by atoms with Crippen molar-refractivity contribution < 1.29 is 13.3 Å². The Balaban J connectivity index is 2.67. The zero-order valence-electron chi connectivity index (χ0n) is 9.89. The first-order chi connectivity index (χ1) is 8.91. The fraction of sp³-hybridized carbons (Fsp3) is 0.222. The van der Waals surface area contributed by atoms with Crippen LogP contribution in [0.1, 0.15) is 15.7 Å². The minimum atomic E-state index is -2.59. The summed E-state index contributed by atoms with van der Waals surface area (Å²) in [6.07, 6.45) is 2.55. The predicted octanol–water partition coefficient (Wildman–Crippen LogP) is 0.541. The fourth-order valence-corrected chi connectivity index (χ4v) is 3.05. The van der Waals surface area contributed by atoms with Gasteiger partial charge in [0.05, 0.1) is 7.05 Å². The molecule has 0 spiro atoms. The van der Waals surface area contributed by atoms with E-state index in [4.69, 9.17) is 0 Å². The molecular formula is C9H8N4O4S2. The van der Waals surface area contributed by atoms with Gasteiger partial charge in [-0.15, -0.1) is 11.3 Å². The van der Waals surface area contributed by atoms with E-state index in [0.717, 1.165) is 15.6 Å². The van der Waals surface area contributed by atoms with Crippen LogP contribution >= 0.6 is 11.3 Å². The van der Waals surface area contributed by atoms with Gasteiger partial charge in [-0.1, -0.05) is 0 Å². The molecular weight excluding hydrogens is 292 g/mol. The summed E-state index contributed by atoms with van der Waals surface area (Å²) in [5, 5.41) is 11.0. The van der Waals surface area contributed by atoms with Crippen molar-refractivity contribution in [3.8, 4) is 0 Å². The summed E-state index contributed by atoms with van der Waals surface area (Å²) in [6, 6.07) is 0. The van der Waals surface area contributed by atoms with E-state index in [1.807, 2.05) is 0 Å². The van der Waals surface area contributed by atoms with E-state index in [2.05, 4.69) is 9.97 Å². The van der Waals surface area contributed by atoms with Gasteiger partial charge in [0.1, 0.15) is 11.2 Å². The van der Waals surface area contributed by atoms with Gasteiger partial charge < -0.3 is 10.1 Å². The topological polar surface area (TPSA) is 108 Å². The van der Waals surface area contributed by atoms with Crippen molar-refractivity contribution in [2.24, 2.45) is 7.05 Å².